The van der Waals surface area contributed by atoms with Crippen molar-refractivity contribution in [1.29, 1.82) is 0 Å². The van der Waals surface area contributed by atoms with Crippen molar-refractivity contribution in [2.45, 2.75) is 39.3 Å². The Morgan fingerprint density at radius 3 is 2.24 bits per heavy atom. The minimum atomic E-state index is -0.359. The number of aldehydes is 1. The molecule has 2 aliphatic rings. The second-order valence-electron chi connectivity index (χ2n) is 9.28. The Morgan fingerprint density at radius 1 is 0.882 bits per heavy atom. The Labute approximate surface area is 201 Å². The zero-order valence-electron chi connectivity index (χ0n) is 20.1. The number of aryl methyl sites for hydroxylation is 2. The van der Waals surface area contributed by atoms with Crippen LogP contribution < -0.4 is 9.80 Å². The average Bonchev–Trinajstić information content (AvgIpc) is 3.23. The molecule has 5 rings (SSSR count). The number of rotatable bonds is 6. The van der Waals surface area contributed by atoms with Gasteiger partial charge in [0.15, 0.2) is 12.5 Å². The Balaban J connectivity index is 1.30. The van der Waals surface area contributed by atoms with Gasteiger partial charge in [-0.25, -0.2) is 14.6 Å². The van der Waals surface area contributed by atoms with Gasteiger partial charge < -0.3 is 9.80 Å². The summed E-state index contributed by atoms with van der Waals surface area (Å²) in [7, 11) is 0. The number of piperazine rings is 1. The van der Waals surface area contributed by atoms with Crippen molar-refractivity contribution in [2.24, 2.45) is 0 Å². The lowest BCUT2D eigenvalue weighted by Crippen LogP contribution is -2.49. The number of hydrogen-bond acceptors (Lipinski definition) is 7. The van der Waals surface area contributed by atoms with Crippen molar-refractivity contribution < 1.29 is 4.79 Å². The van der Waals surface area contributed by atoms with Crippen molar-refractivity contribution >= 4 is 17.9 Å². The summed E-state index contributed by atoms with van der Waals surface area (Å²) in [6, 6.07) is 10.5. The molecule has 0 bridgehead atoms. The molecule has 34 heavy (non-hydrogen) atoms. The molecule has 0 N–H and O–H groups in total. The van der Waals surface area contributed by atoms with Gasteiger partial charge in [0, 0.05) is 74.2 Å². The third-order valence-electron chi connectivity index (χ3n) is 6.94. The summed E-state index contributed by atoms with van der Waals surface area (Å²) in [5.74, 6) is 0.832. The summed E-state index contributed by atoms with van der Waals surface area (Å²) < 4.78 is 1.84. The molecule has 178 valence electrons. The molecule has 0 radical (unpaired) electrons. The molecule has 4 heterocycles. The standard InChI is InChI=1S/C26H33N7O/c1-20-16-21(2)33(29-20)25(19-34)31-14-12-30(13-15-31)24-9-5-4-8-23(24)22-17-27-26(28-18-22)32-10-6-3-7-11-32/h4-5,8-9,16-19,25H,3,6-7,10-15H2,1-2H3. The smallest absolute Gasteiger partial charge is 0.225 e. The third kappa shape index (κ3) is 4.55. The maximum atomic E-state index is 12.0. The van der Waals surface area contributed by atoms with Gasteiger partial charge in [0.1, 0.15) is 0 Å². The number of aromatic nitrogens is 4. The number of anilines is 2. The summed E-state index contributed by atoms with van der Waals surface area (Å²) in [4.78, 5) is 28.2. The number of para-hydroxylation sites is 1. The van der Waals surface area contributed by atoms with Gasteiger partial charge in [0.25, 0.3) is 0 Å². The molecule has 2 fully saturated rings. The number of nitrogens with zero attached hydrogens (tertiary/aromatic N) is 7. The minimum absolute atomic E-state index is 0.359. The van der Waals surface area contributed by atoms with Gasteiger partial charge in [-0.2, -0.15) is 5.10 Å². The number of carbonyl (C=O) groups excluding carboxylic acids is 1. The fourth-order valence-electron chi connectivity index (χ4n) is 5.15. The maximum absolute atomic E-state index is 12.0. The van der Waals surface area contributed by atoms with E-state index in [0.29, 0.717) is 0 Å². The number of benzene rings is 1. The molecule has 3 aromatic rings. The third-order valence-corrected chi connectivity index (χ3v) is 6.94. The van der Waals surface area contributed by atoms with Gasteiger partial charge in [-0.1, -0.05) is 18.2 Å². The second-order valence-corrected chi connectivity index (χ2v) is 9.28. The molecule has 2 aliphatic heterocycles. The number of piperidine rings is 1. The van der Waals surface area contributed by atoms with Gasteiger partial charge >= 0.3 is 0 Å². The topological polar surface area (TPSA) is 70.4 Å². The predicted octanol–water partition coefficient (Wildman–Crippen LogP) is 3.47. The van der Waals surface area contributed by atoms with Crippen molar-refractivity contribution in [2.75, 3.05) is 49.1 Å². The van der Waals surface area contributed by atoms with Gasteiger partial charge in [-0.3, -0.25) is 9.69 Å². The fourth-order valence-corrected chi connectivity index (χ4v) is 5.15. The zero-order chi connectivity index (χ0) is 23.5. The number of carbonyl (C=O) groups is 1. The Kier molecular flexibility index (Phi) is 6.58. The van der Waals surface area contributed by atoms with Crippen molar-refractivity contribution in [3.05, 3.63) is 54.1 Å². The molecule has 0 saturated carbocycles. The van der Waals surface area contributed by atoms with Gasteiger partial charge in [-0.15, -0.1) is 0 Å². The first-order valence-corrected chi connectivity index (χ1v) is 12.3. The Morgan fingerprint density at radius 2 is 1.59 bits per heavy atom. The van der Waals surface area contributed by atoms with E-state index in [1.54, 1.807) is 0 Å². The SMILES string of the molecule is Cc1cc(C)n(C(C=O)N2CCN(c3ccccc3-c3cnc(N4CCCCC4)nc3)CC2)n1. The van der Waals surface area contributed by atoms with E-state index < -0.39 is 0 Å². The monoisotopic (exact) mass is 459 g/mol. The van der Waals surface area contributed by atoms with Crippen LogP contribution in [0, 0.1) is 13.8 Å². The molecule has 2 saturated heterocycles. The first-order valence-electron chi connectivity index (χ1n) is 12.3. The van der Waals surface area contributed by atoms with Crippen LogP contribution in [0.2, 0.25) is 0 Å². The Hall–Kier alpha value is -3.26. The molecule has 8 heteroatoms. The number of hydrogen-bond donors (Lipinski definition) is 0. The van der Waals surface area contributed by atoms with E-state index in [9.17, 15) is 4.79 Å². The summed E-state index contributed by atoms with van der Waals surface area (Å²) in [5, 5.41) is 4.54. The minimum Gasteiger partial charge on any atom is -0.368 e. The molecule has 0 amide bonds. The normalized spacial score (nSPS) is 18.2. The van der Waals surface area contributed by atoms with Gasteiger partial charge in [0.2, 0.25) is 5.95 Å². The predicted molar refractivity (Wildman–Crippen MR) is 134 cm³/mol. The highest BCUT2D eigenvalue weighted by Crippen LogP contribution is 2.32. The van der Waals surface area contributed by atoms with E-state index in [-0.39, 0.29) is 6.17 Å². The van der Waals surface area contributed by atoms with Crippen LogP contribution in [0.25, 0.3) is 11.1 Å². The highest BCUT2D eigenvalue weighted by molar-refractivity contribution is 5.78. The van der Waals surface area contributed by atoms with E-state index in [0.717, 1.165) is 74.0 Å². The lowest BCUT2D eigenvalue weighted by Gasteiger charge is -2.39. The molecule has 2 aromatic heterocycles. The van der Waals surface area contributed by atoms with E-state index in [1.165, 1.54) is 24.9 Å². The van der Waals surface area contributed by atoms with Crippen LogP contribution in [-0.4, -0.2) is 70.2 Å². The van der Waals surface area contributed by atoms with Crippen molar-refractivity contribution in [3.63, 3.8) is 0 Å². The average molecular weight is 460 g/mol. The summed E-state index contributed by atoms with van der Waals surface area (Å²) in [6.07, 6.45) is 8.28. The Bertz CT molecular complexity index is 1110. The molecule has 1 aromatic carbocycles. The summed E-state index contributed by atoms with van der Waals surface area (Å²) in [5.41, 5.74) is 5.31. The molecule has 8 nitrogen and oxygen atoms in total. The lowest BCUT2D eigenvalue weighted by molar-refractivity contribution is -0.116. The molecule has 1 atom stereocenters. The van der Waals surface area contributed by atoms with Crippen LogP contribution >= 0.6 is 0 Å². The fraction of sp³-hybridized carbons (Fsp3) is 0.462. The van der Waals surface area contributed by atoms with E-state index in [1.807, 2.05) is 37.0 Å². The first-order chi connectivity index (χ1) is 16.6. The van der Waals surface area contributed by atoms with E-state index in [2.05, 4.69) is 44.1 Å². The molecular formula is C26H33N7O. The van der Waals surface area contributed by atoms with Crippen LogP contribution in [-0.2, 0) is 4.79 Å². The zero-order valence-corrected chi connectivity index (χ0v) is 20.1. The molecular weight excluding hydrogens is 426 g/mol. The summed E-state index contributed by atoms with van der Waals surface area (Å²) >= 11 is 0. The van der Waals surface area contributed by atoms with Gasteiger partial charge in [0.05, 0.1) is 5.69 Å². The van der Waals surface area contributed by atoms with Crippen molar-refractivity contribution in [1.82, 2.24) is 24.6 Å². The largest absolute Gasteiger partial charge is 0.368 e. The highest BCUT2D eigenvalue weighted by atomic mass is 16.1. The molecule has 0 spiro atoms. The molecule has 1 unspecified atom stereocenters. The quantitative estimate of drug-likeness (QED) is 0.523. The van der Waals surface area contributed by atoms with Crippen molar-refractivity contribution in [3.8, 4) is 11.1 Å². The van der Waals surface area contributed by atoms with E-state index in [4.69, 9.17) is 9.97 Å². The van der Waals surface area contributed by atoms with Crippen LogP contribution in [0.5, 0.6) is 0 Å². The second kappa shape index (κ2) is 9.93. The van der Waals surface area contributed by atoms with Crippen LogP contribution in [0.3, 0.4) is 0 Å². The van der Waals surface area contributed by atoms with Crippen LogP contribution in [0.1, 0.15) is 36.8 Å². The highest BCUT2D eigenvalue weighted by Gasteiger charge is 2.27. The molecule has 0 aliphatic carbocycles. The van der Waals surface area contributed by atoms with Crippen LogP contribution in [0.15, 0.2) is 42.7 Å². The van der Waals surface area contributed by atoms with Crippen LogP contribution in [0.4, 0.5) is 11.6 Å². The first kappa shape index (κ1) is 22.5. The van der Waals surface area contributed by atoms with E-state index >= 15 is 0 Å². The van der Waals surface area contributed by atoms with Gasteiger partial charge in [-0.05, 0) is 45.2 Å². The lowest BCUT2D eigenvalue weighted by atomic mass is 10.1. The summed E-state index contributed by atoms with van der Waals surface area (Å²) in [6.45, 7) is 9.31. The maximum Gasteiger partial charge on any atom is 0.225 e.